The molecule has 1 heterocycles. The highest BCUT2D eigenvalue weighted by Gasteiger charge is 2.12. The highest BCUT2D eigenvalue weighted by Crippen LogP contribution is 2.18. The molecule has 0 aliphatic rings. The molecule has 0 spiro atoms. The summed E-state index contributed by atoms with van der Waals surface area (Å²) >= 11 is 11.9. The van der Waals surface area contributed by atoms with Crippen molar-refractivity contribution in [2.45, 2.75) is 19.5 Å². The van der Waals surface area contributed by atoms with Crippen molar-refractivity contribution in [2.75, 3.05) is 0 Å². The van der Waals surface area contributed by atoms with Crippen LogP contribution in [0.4, 0.5) is 0 Å². The molecule has 0 radical (unpaired) electrons. The molecule has 1 N–H and O–H groups in total. The van der Waals surface area contributed by atoms with Gasteiger partial charge < -0.3 is 9.88 Å². The van der Waals surface area contributed by atoms with Crippen molar-refractivity contribution in [3.63, 3.8) is 0 Å². The second kappa shape index (κ2) is 7.30. The standard InChI is InChI=1S/C19H16Cl2N2O2/c1-12(13-2-4-14(20)5-3-13)22-19(25)11-23-9-8-18(24)16-7-6-15(21)10-17(16)23/h2-10,12H,11H2,1H3,(H,22,25)/t12-/m0/s1. The largest absolute Gasteiger partial charge is 0.348 e. The van der Waals surface area contributed by atoms with Crippen LogP contribution in [-0.4, -0.2) is 10.5 Å². The molecule has 0 fully saturated rings. The van der Waals surface area contributed by atoms with E-state index in [-0.39, 0.29) is 23.9 Å². The maximum Gasteiger partial charge on any atom is 0.240 e. The van der Waals surface area contributed by atoms with E-state index in [1.165, 1.54) is 6.07 Å². The summed E-state index contributed by atoms with van der Waals surface area (Å²) in [6.45, 7) is 2.00. The van der Waals surface area contributed by atoms with Gasteiger partial charge in [0.1, 0.15) is 6.54 Å². The van der Waals surface area contributed by atoms with Gasteiger partial charge in [-0.2, -0.15) is 0 Å². The van der Waals surface area contributed by atoms with Gasteiger partial charge >= 0.3 is 0 Å². The molecule has 0 saturated heterocycles. The number of nitrogens with one attached hydrogen (secondary N) is 1. The molecule has 4 nitrogen and oxygen atoms in total. The van der Waals surface area contributed by atoms with Gasteiger partial charge in [-0.25, -0.2) is 0 Å². The summed E-state index contributed by atoms with van der Waals surface area (Å²) < 4.78 is 1.71. The number of pyridine rings is 1. The van der Waals surface area contributed by atoms with E-state index < -0.39 is 0 Å². The first-order chi connectivity index (χ1) is 11.9. The fraction of sp³-hybridized carbons (Fsp3) is 0.158. The normalized spacial score (nSPS) is 12.1. The molecule has 0 aliphatic carbocycles. The van der Waals surface area contributed by atoms with Crippen LogP contribution in [0.1, 0.15) is 18.5 Å². The van der Waals surface area contributed by atoms with Crippen molar-refractivity contribution in [3.8, 4) is 0 Å². The van der Waals surface area contributed by atoms with Gasteiger partial charge in [0.2, 0.25) is 5.91 Å². The number of aromatic nitrogens is 1. The number of halogens is 2. The van der Waals surface area contributed by atoms with Crippen LogP contribution in [0.5, 0.6) is 0 Å². The van der Waals surface area contributed by atoms with Crippen molar-refractivity contribution in [1.29, 1.82) is 0 Å². The Balaban J connectivity index is 1.80. The minimum atomic E-state index is -0.160. The number of hydrogen-bond acceptors (Lipinski definition) is 2. The maximum absolute atomic E-state index is 12.4. The van der Waals surface area contributed by atoms with E-state index in [1.807, 2.05) is 19.1 Å². The zero-order valence-electron chi connectivity index (χ0n) is 13.5. The molecular formula is C19H16Cl2N2O2. The Hall–Kier alpha value is -2.30. The van der Waals surface area contributed by atoms with Gasteiger partial charge in [0.15, 0.2) is 5.43 Å². The molecule has 3 rings (SSSR count). The lowest BCUT2D eigenvalue weighted by Crippen LogP contribution is -2.30. The van der Waals surface area contributed by atoms with E-state index in [0.717, 1.165) is 5.56 Å². The zero-order chi connectivity index (χ0) is 18.0. The molecule has 1 aromatic heterocycles. The molecule has 3 aromatic rings. The van der Waals surface area contributed by atoms with Crippen LogP contribution in [0, 0.1) is 0 Å². The Morgan fingerprint density at radius 3 is 2.48 bits per heavy atom. The van der Waals surface area contributed by atoms with Crippen LogP contribution >= 0.6 is 23.2 Å². The molecule has 0 aliphatic heterocycles. The van der Waals surface area contributed by atoms with Gasteiger partial charge in [-0.1, -0.05) is 35.3 Å². The van der Waals surface area contributed by atoms with Crippen LogP contribution < -0.4 is 10.7 Å². The van der Waals surface area contributed by atoms with Gasteiger partial charge in [-0.3, -0.25) is 9.59 Å². The van der Waals surface area contributed by atoms with E-state index in [0.29, 0.717) is 20.9 Å². The quantitative estimate of drug-likeness (QED) is 0.744. The smallest absolute Gasteiger partial charge is 0.240 e. The third kappa shape index (κ3) is 4.03. The third-order valence-corrected chi connectivity index (χ3v) is 4.49. The Kier molecular flexibility index (Phi) is 5.11. The van der Waals surface area contributed by atoms with Gasteiger partial charge in [0.05, 0.1) is 11.6 Å². The Labute approximate surface area is 155 Å². The lowest BCUT2D eigenvalue weighted by atomic mass is 10.1. The number of carbonyl (C=O) groups excluding carboxylic acids is 1. The molecular weight excluding hydrogens is 359 g/mol. The van der Waals surface area contributed by atoms with Crippen molar-refractivity contribution in [2.24, 2.45) is 0 Å². The van der Waals surface area contributed by atoms with Crippen molar-refractivity contribution < 1.29 is 4.79 Å². The average molecular weight is 375 g/mol. The monoisotopic (exact) mass is 374 g/mol. The molecule has 2 aromatic carbocycles. The Bertz CT molecular complexity index is 981. The number of benzene rings is 2. The fourth-order valence-electron chi connectivity index (χ4n) is 2.69. The van der Waals surface area contributed by atoms with Crippen LogP contribution in [0.3, 0.4) is 0 Å². The van der Waals surface area contributed by atoms with E-state index in [1.54, 1.807) is 41.1 Å². The number of fused-ring (bicyclic) bond motifs is 1. The van der Waals surface area contributed by atoms with Crippen molar-refractivity contribution in [1.82, 2.24) is 9.88 Å². The molecule has 25 heavy (non-hydrogen) atoms. The topological polar surface area (TPSA) is 51.1 Å². The van der Waals surface area contributed by atoms with Crippen LogP contribution in [0.25, 0.3) is 10.9 Å². The molecule has 0 bridgehead atoms. The minimum Gasteiger partial charge on any atom is -0.348 e. The van der Waals surface area contributed by atoms with Gasteiger partial charge in [0, 0.05) is 27.7 Å². The van der Waals surface area contributed by atoms with Crippen molar-refractivity contribution in [3.05, 3.63) is 80.6 Å². The van der Waals surface area contributed by atoms with Crippen LogP contribution in [0.15, 0.2) is 59.5 Å². The predicted molar refractivity (Wildman–Crippen MR) is 101 cm³/mol. The van der Waals surface area contributed by atoms with Gasteiger partial charge in [0.25, 0.3) is 0 Å². The molecule has 1 amide bonds. The summed E-state index contributed by atoms with van der Waals surface area (Å²) in [7, 11) is 0. The number of nitrogens with zero attached hydrogens (tertiary/aromatic N) is 1. The van der Waals surface area contributed by atoms with Crippen LogP contribution in [0.2, 0.25) is 10.0 Å². The average Bonchev–Trinajstić information content (AvgIpc) is 2.58. The van der Waals surface area contributed by atoms with E-state index in [2.05, 4.69) is 5.32 Å². The highest BCUT2D eigenvalue weighted by atomic mass is 35.5. The predicted octanol–water partition coefficient (Wildman–Crippen LogP) is 4.19. The Morgan fingerprint density at radius 2 is 1.76 bits per heavy atom. The Morgan fingerprint density at radius 1 is 1.08 bits per heavy atom. The first-order valence-corrected chi connectivity index (χ1v) is 8.53. The highest BCUT2D eigenvalue weighted by molar-refractivity contribution is 6.31. The minimum absolute atomic E-state index is 0.0923. The van der Waals surface area contributed by atoms with Gasteiger partial charge in [-0.05, 0) is 42.8 Å². The fourth-order valence-corrected chi connectivity index (χ4v) is 2.99. The van der Waals surface area contributed by atoms with Crippen molar-refractivity contribution >= 4 is 40.0 Å². The summed E-state index contributed by atoms with van der Waals surface area (Å²) in [6, 6.07) is 13.7. The summed E-state index contributed by atoms with van der Waals surface area (Å²) in [5, 5.41) is 4.64. The first kappa shape index (κ1) is 17.5. The SMILES string of the molecule is C[C@H](NC(=O)Cn1ccc(=O)c2ccc(Cl)cc21)c1ccc(Cl)cc1. The molecule has 6 heteroatoms. The van der Waals surface area contributed by atoms with Gasteiger partial charge in [-0.15, -0.1) is 0 Å². The summed E-state index contributed by atoms with van der Waals surface area (Å²) in [4.78, 5) is 24.4. The molecule has 0 saturated carbocycles. The molecule has 1 atom stereocenters. The summed E-state index contributed by atoms with van der Waals surface area (Å²) in [5.41, 5.74) is 1.50. The zero-order valence-corrected chi connectivity index (χ0v) is 15.0. The molecule has 128 valence electrons. The van der Waals surface area contributed by atoms with E-state index in [9.17, 15) is 9.59 Å². The number of amides is 1. The summed E-state index contributed by atoms with van der Waals surface area (Å²) in [5.74, 6) is -0.160. The third-order valence-electron chi connectivity index (χ3n) is 4.00. The second-order valence-corrected chi connectivity index (χ2v) is 6.68. The second-order valence-electron chi connectivity index (χ2n) is 5.81. The number of hydrogen-bond donors (Lipinski definition) is 1. The lowest BCUT2D eigenvalue weighted by molar-refractivity contribution is -0.122. The first-order valence-electron chi connectivity index (χ1n) is 7.77. The number of carbonyl (C=O) groups is 1. The van der Waals surface area contributed by atoms with Crippen LogP contribution in [-0.2, 0) is 11.3 Å². The van der Waals surface area contributed by atoms with E-state index >= 15 is 0 Å². The number of rotatable bonds is 4. The lowest BCUT2D eigenvalue weighted by Gasteiger charge is -2.16. The molecule has 0 unspecified atom stereocenters. The maximum atomic E-state index is 12.4. The van der Waals surface area contributed by atoms with E-state index in [4.69, 9.17) is 23.2 Å². The summed E-state index contributed by atoms with van der Waals surface area (Å²) in [6.07, 6.45) is 1.60.